The molecular formula is C21H31N3S. The molecule has 1 aromatic carbocycles. The second-order valence-corrected chi connectivity index (χ2v) is 6.43. The fraction of sp³-hybridized carbons (Fsp3) is 0.429. The lowest BCUT2D eigenvalue weighted by Crippen LogP contribution is -2.24. The van der Waals surface area contributed by atoms with Crippen molar-refractivity contribution in [2.45, 2.75) is 52.5 Å². The molecule has 2 N–H and O–H groups in total. The number of hydrogen-bond donors (Lipinski definition) is 2. The first-order valence-corrected chi connectivity index (χ1v) is 9.43. The van der Waals surface area contributed by atoms with Crippen LogP contribution in [0.1, 0.15) is 58.1 Å². The number of rotatable bonds is 10. The molecule has 0 bridgehead atoms. The van der Waals surface area contributed by atoms with E-state index in [1.165, 1.54) is 11.1 Å². The molecule has 25 heavy (non-hydrogen) atoms. The predicted molar refractivity (Wildman–Crippen MR) is 114 cm³/mol. The van der Waals surface area contributed by atoms with Crippen LogP contribution in [0, 0.1) is 0 Å². The van der Waals surface area contributed by atoms with Crippen molar-refractivity contribution in [1.82, 2.24) is 10.7 Å². The number of hydrogen-bond acceptors (Lipinski definition) is 3. The lowest BCUT2D eigenvalue weighted by Gasteiger charge is -2.16. The van der Waals surface area contributed by atoms with E-state index in [4.69, 9.17) is 12.2 Å². The average Bonchev–Trinajstić information content (AvgIpc) is 2.63. The van der Waals surface area contributed by atoms with E-state index in [1.54, 1.807) is 0 Å². The second-order valence-electron chi connectivity index (χ2n) is 5.93. The maximum absolute atomic E-state index is 5.52. The minimum Gasteiger partial charge on any atom is -0.373 e. The zero-order chi connectivity index (χ0) is 18.5. The molecule has 0 amide bonds. The first-order chi connectivity index (χ1) is 12.1. The molecule has 0 heterocycles. The largest absolute Gasteiger partial charge is 0.373 e. The minimum absolute atomic E-state index is 0.223. The SMILES string of the molecule is CC/C=C\C(C/C(=C\CC(=S)NC(C)c1ccccc1)CC)=N/NC. The van der Waals surface area contributed by atoms with Crippen LogP contribution in [0.4, 0.5) is 0 Å². The van der Waals surface area contributed by atoms with Crippen molar-refractivity contribution in [3.05, 3.63) is 59.7 Å². The molecule has 0 aromatic heterocycles. The van der Waals surface area contributed by atoms with Gasteiger partial charge in [-0.05, 0) is 31.4 Å². The highest BCUT2D eigenvalue weighted by Crippen LogP contribution is 2.13. The Balaban J connectivity index is 2.62. The number of allylic oxidation sites excluding steroid dienone is 3. The molecule has 3 nitrogen and oxygen atoms in total. The van der Waals surface area contributed by atoms with E-state index < -0.39 is 0 Å². The molecule has 1 aromatic rings. The maximum Gasteiger partial charge on any atom is 0.0796 e. The van der Waals surface area contributed by atoms with Gasteiger partial charge >= 0.3 is 0 Å². The quantitative estimate of drug-likeness (QED) is 0.257. The van der Waals surface area contributed by atoms with Crippen LogP contribution in [-0.2, 0) is 0 Å². The van der Waals surface area contributed by atoms with Gasteiger partial charge in [0.05, 0.1) is 10.7 Å². The monoisotopic (exact) mass is 357 g/mol. The van der Waals surface area contributed by atoms with Gasteiger partial charge in [0.2, 0.25) is 0 Å². The summed E-state index contributed by atoms with van der Waals surface area (Å²) < 4.78 is 0. The van der Waals surface area contributed by atoms with E-state index in [9.17, 15) is 0 Å². The number of nitrogens with zero attached hydrogens (tertiary/aromatic N) is 1. The predicted octanol–water partition coefficient (Wildman–Crippen LogP) is 5.32. The Kier molecular flexibility index (Phi) is 10.5. The maximum atomic E-state index is 5.52. The van der Waals surface area contributed by atoms with Gasteiger partial charge in [-0.2, -0.15) is 5.10 Å². The molecule has 0 saturated carbocycles. The smallest absolute Gasteiger partial charge is 0.0796 e. The summed E-state index contributed by atoms with van der Waals surface area (Å²) in [7, 11) is 1.83. The lowest BCUT2D eigenvalue weighted by molar-refractivity contribution is 0.718. The standard InChI is InChI=1S/C21H31N3S/c1-5-7-13-20(24-22-4)16-18(6-2)14-15-21(25)23-17(3)19-11-9-8-10-12-19/h7-14,17,22H,5-6,15-16H2,1-4H3,(H,23,25)/b13-7-,18-14-,24-20+. The van der Waals surface area contributed by atoms with Gasteiger partial charge in [0.25, 0.3) is 0 Å². The van der Waals surface area contributed by atoms with Crippen LogP contribution in [0.15, 0.2) is 59.2 Å². The third-order valence-electron chi connectivity index (χ3n) is 3.92. The molecule has 0 aliphatic heterocycles. The summed E-state index contributed by atoms with van der Waals surface area (Å²) in [5.41, 5.74) is 6.54. The molecule has 136 valence electrons. The molecule has 0 aliphatic rings. The fourth-order valence-electron chi connectivity index (χ4n) is 2.47. The van der Waals surface area contributed by atoms with Crippen LogP contribution in [0.25, 0.3) is 0 Å². The lowest BCUT2D eigenvalue weighted by atomic mass is 10.0. The van der Waals surface area contributed by atoms with Gasteiger partial charge in [-0.25, -0.2) is 0 Å². The van der Waals surface area contributed by atoms with E-state index in [0.717, 1.165) is 36.4 Å². The summed E-state index contributed by atoms with van der Waals surface area (Å²) in [5, 5.41) is 7.77. The third kappa shape index (κ3) is 8.64. The van der Waals surface area contributed by atoms with Gasteiger partial charge in [0, 0.05) is 25.9 Å². The van der Waals surface area contributed by atoms with Crippen molar-refractivity contribution in [1.29, 1.82) is 0 Å². The topological polar surface area (TPSA) is 36.4 Å². The molecule has 0 radical (unpaired) electrons. The van der Waals surface area contributed by atoms with Gasteiger partial charge in [0.15, 0.2) is 0 Å². The summed E-state index contributed by atoms with van der Waals surface area (Å²) >= 11 is 5.52. The summed E-state index contributed by atoms with van der Waals surface area (Å²) in [6.07, 6.45) is 10.1. The zero-order valence-corrected chi connectivity index (χ0v) is 16.7. The zero-order valence-electron chi connectivity index (χ0n) is 15.9. The Bertz CT molecular complexity index is 603. The van der Waals surface area contributed by atoms with Crippen LogP contribution in [0.3, 0.4) is 0 Å². The highest BCUT2D eigenvalue weighted by Gasteiger charge is 2.06. The number of benzene rings is 1. The van der Waals surface area contributed by atoms with Crippen LogP contribution >= 0.6 is 12.2 Å². The van der Waals surface area contributed by atoms with Crippen LogP contribution in [-0.4, -0.2) is 17.7 Å². The fourth-order valence-corrected chi connectivity index (χ4v) is 2.73. The minimum atomic E-state index is 0.223. The second kappa shape index (κ2) is 12.4. The third-order valence-corrected chi connectivity index (χ3v) is 4.20. The van der Waals surface area contributed by atoms with Gasteiger partial charge < -0.3 is 10.7 Å². The Labute approximate surface area is 158 Å². The molecule has 1 rings (SSSR count). The highest BCUT2D eigenvalue weighted by molar-refractivity contribution is 7.80. The van der Waals surface area contributed by atoms with Crippen molar-refractivity contribution >= 4 is 22.9 Å². The molecule has 4 heteroatoms. The van der Waals surface area contributed by atoms with Crippen molar-refractivity contribution in [2.75, 3.05) is 7.05 Å². The number of hydrazone groups is 1. The number of thiocarbonyl (C=S) groups is 1. The molecule has 0 fully saturated rings. The van der Waals surface area contributed by atoms with Crippen molar-refractivity contribution in [3.8, 4) is 0 Å². The summed E-state index contributed by atoms with van der Waals surface area (Å²) in [6.45, 7) is 6.44. The van der Waals surface area contributed by atoms with Gasteiger partial charge in [-0.3, -0.25) is 0 Å². The van der Waals surface area contributed by atoms with Crippen molar-refractivity contribution in [2.24, 2.45) is 5.10 Å². The van der Waals surface area contributed by atoms with E-state index in [2.05, 4.69) is 79.1 Å². The highest BCUT2D eigenvalue weighted by atomic mass is 32.1. The summed E-state index contributed by atoms with van der Waals surface area (Å²) in [6, 6.07) is 10.6. The molecule has 0 aliphatic carbocycles. The first-order valence-electron chi connectivity index (χ1n) is 9.02. The van der Waals surface area contributed by atoms with Crippen LogP contribution in [0.2, 0.25) is 0 Å². The number of nitrogens with one attached hydrogen (secondary N) is 2. The van der Waals surface area contributed by atoms with E-state index in [0.29, 0.717) is 0 Å². The molecule has 1 unspecified atom stereocenters. The van der Waals surface area contributed by atoms with Gasteiger partial charge in [0.1, 0.15) is 0 Å². The molecule has 0 saturated heterocycles. The average molecular weight is 358 g/mol. The van der Waals surface area contributed by atoms with E-state index >= 15 is 0 Å². The summed E-state index contributed by atoms with van der Waals surface area (Å²) in [4.78, 5) is 0.874. The van der Waals surface area contributed by atoms with Crippen molar-refractivity contribution < 1.29 is 0 Å². The Morgan fingerprint density at radius 3 is 2.56 bits per heavy atom. The summed E-state index contributed by atoms with van der Waals surface area (Å²) in [5.74, 6) is 0. The van der Waals surface area contributed by atoms with Gasteiger partial charge in [-0.1, -0.05) is 74.1 Å². The van der Waals surface area contributed by atoms with Gasteiger partial charge in [-0.15, -0.1) is 0 Å². The van der Waals surface area contributed by atoms with Crippen molar-refractivity contribution in [3.63, 3.8) is 0 Å². The Hall–Kier alpha value is -1.94. The Morgan fingerprint density at radius 1 is 1.24 bits per heavy atom. The molecule has 1 atom stereocenters. The normalized spacial score (nSPS) is 13.8. The first kappa shape index (κ1) is 21.1. The van der Waals surface area contributed by atoms with Crippen LogP contribution in [0.5, 0.6) is 0 Å². The van der Waals surface area contributed by atoms with E-state index in [-0.39, 0.29) is 6.04 Å². The Morgan fingerprint density at radius 2 is 1.96 bits per heavy atom. The van der Waals surface area contributed by atoms with E-state index in [1.807, 2.05) is 13.1 Å². The molecule has 0 spiro atoms. The van der Waals surface area contributed by atoms with Crippen LogP contribution < -0.4 is 10.7 Å². The molecular weight excluding hydrogens is 326 g/mol.